The topological polar surface area (TPSA) is 37.3 Å². The van der Waals surface area contributed by atoms with Crippen LogP contribution in [0.25, 0.3) is 10.9 Å². The summed E-state index contributed by atoms with van der Waals surface area (Å²) in [6, 6.07) is 7.26. The predicted molar refractivity (Wildman–Crippen MR) is 97.5 cm³/mol. The Bertz CT molecular complexity index is 811. The standard InChI is InChI=1S/C19H24ClN3O/c1-11(2)21-18(24)10-23-15-6-4-12(20)8-14(15)19-16-7-5-13(22(16)3)9-17(19)23/h4,6,8,11,13,16H,5,7,9-10H2,1-3H3,(H,21,24). The van der Waals surface area contributed by atoms with Gasteiger partial charge < -0.3 is 9.88 Å². The van der Waals surface area contributed by atoms with Crippen molar-refractivity contribution in [2.45, 2.75) is 57.8 Å². The van der Waals surface area contributed by atoms with Gasteiger partial charge >= 0.3 is 0 Å². The molecule has 0 saturated carbocycles. The first-order chi connectivity index (χ1) is 11.5. The first-order valence-electron chi connectivity index (χ1n) is 8.77. The highest BCUT2D eigenvalue weighted by Gasteiger charge is 2.40. The third-order valence-electron chi connectivity index (χ3n) is 5.53. The van der Waals surface area contributed by atoms with Gasteiger partial charge in [0.05, 0.1) is 0 Å². The van der Waals surface area contributed by atoms with E-state index >= 15 is 0 Å². The van der Waals surface area contributed by atoms with Gasteiger partial charge in [-0.05, 0) is 57.5 Å². The number of nitrogens with one attached hydrogen (secondary N) is 1. The van der Waals surface area contributed by atoms with Crippen molar-refractivity contribution in [3.8, 4) is 0 Å². The van der Waals surface area contributed by atoms with E-state index in [0.29, 0.717) is 18.6 Å². The molecule has 1 N–H and O–H groups in total. The largest absolute Gasteiger partial charge is 0.352 e. The van der Waals surface area contributed by atoms with Crippen LogP contribution in [0, 0.1) is 0 Å². The van der Waals surface area contributed by atoms with E-state index in [4.69, 9.17) is 11.6 Å². The van der Waals surface area contributed by atoms with Gasteiger partial charge in [-0.2, -0.15) is 0 Å². The van der Waals surface area contributed by atoms with Gasteiger partial charge in [0.2, 0.25) is 5.91 Å². The molecule has 1 aromatic heterocycles. The molecule has 2 aromatic rings. The minimum Gasteiger partial charge on any atom is -0.352 e. The fourth-order valence-electron chi connectivity index (χ4n) is 4.52. The average molecular weight is 346 g/mol. The van der Waals surface area contributed by atoms with Crippen LogP contribution in [0.4, 0.5) is 0 Å². The molecule has 1 aromatic carbocycles. The summed E-state index contributed by atoms with van der Waals surface area (Å²) < 4.78 is 2.22. The number of halogens is 1. The maximum atomic E-state index is 12.4. The van der Waals surface area contributed by atoms with Crippen LogP contribution in [0.3, 0.4) is 0 Å². The lowest BCUT2D eigenvalue weighted by Gasteiger charge is -2.32. The van der Waals surface area contributed by atoms with Crippen molar-refractivity contribution >= 4 is 28.4 Å². The molecule has 2 bridgehead atoms. The second-order valence-corrected chi connectivity index (χ2v) is 7.88. The Labute approximate surface area is 147 Å². The molecule has 4 nitrogen and oxygen atoms in total. The molecular weight excluding hydrogens is 322 g/mol. The van der Waals surface area contributed by atoms with Crippen LogP contribution in [-0.4, -0.2) is 34.5 Å². The number of carbonyl (C=O) groups excluding carboxylic acids is 1. The second kappa shape index (κ2) is 5.78. The number of aromatic nitrogens is 1. The van der Waals surface area contributed by atoms with E-state index in [1.807, 2.05) is 19.9 Å². The molecule has 2 atom stereocenters. The summed E-state index contributed by atoms with van der Waals surface area (Å²) >= 11 is 6.28. The second-order valence-electron chi connectivity index (χ2n) is 7.45. The van der Waals surface area contributed by atoms with Gasteiger partial charge in [-0.1, -0.05) is 11.6 Å². The molecule has 5 heteroatoms. The minimum absolute atomic E-state index is 0.0749. The molecule has 0 radical (unpaired) electrons. The first-order valence-corrected chi connectivity index (χ1v) is 9.15. The lowest BCUT2D eigenvalue weighted by molar-refractivity contribution is -0.122. The molecule has 24 heavy (non-hydrogen) atoms. The van der Waals surface area contributed by atoms with Crippen molar-refractivity contribution in [2.75, 3.05) is 7.05 Å². The van der Waals surface area contributed by atoms with Gasteiger partial charge in [0, 0.05) is 46.2 Å². The zero-order valence-electron chi connectivity index (χ0n) is 14.5. The highest BCUT2D eigenvalue weighted by atomic mass is 35.5. The molecular formula is C19H24ClN3O. The highest BCUT2D eigenvalue weighted by molar-refractivity contribution is 6.31. The average Bonchev–Trinajstić information content (AvgIpc) is 2.90. The maximum absolute atomic E-state index is 12.4. The number of amides is 1. The van der Waals surface area contributed by atoms with E-state index in [9.17, 15) is 4.79 Å². The maximum Gasteiger partial charge on any atom is 0.240 e. The molecule has 0 aliphatic carbocycles. The van der Waals surface area contributed by atoms with Gasteiger partial charge in [0.15, 0.2) is 0 Å². The van der Waals surface area contributed by atoms with Crippen molar-refractivity contribution in [3.05, 3.63) is 34.5 Å². The summed E-state index contributed by atoms with van der Waals surface area (Å²) in [5, 5.41) is 4.99. The van der Waals surface area contributed by atoms with E-state index in [-0.39, 0.29) is 11.9 Å². The number of hydrogen-bond donors (Lipinski definition) is 1. The monoisotopic (exact) mass is 345 g/mol. The lowest BCUT2D eigenvalue weighted by Crippen LogP contribution is -2.36. The van der Waals surface area contributed by atoms with E-state index in [0.717, 1.165) is 17.0 Å². The van der Waals surface area contributed by atoms with Crippen LogP contribution in [-0.2, 0) is 17.8 Å². The van der Waals surface area contributed by atoms with Crippen molar-refractivity contribution in [3.63, 3.8) is 0 Å². The number of fused-ring (bicyclic) bond motifs is 6. The summed E-state index contributed by atoms with van der Waals surface area (Å²) in [5.41, 5.74) is 3.85. The van der Waals surface area contributed by atoms with Gasteiger partial charge in [-0.25, -0.2) is 0 Å². The Morgan fingerprint density at radius 3 is 2.92 bits per heavy atom. The number of hydrogen-bond acceptors (Lipinski definition) is 2. The van der Waals surface area contributed by atoms with Crippen LogP contribution in [0.5, 0.6) is 0 Å². The number of carbonyl (C=O) groups is 1. The fourth-order valence-corrected chi connectivity index (χ4v) is 4.69. The molecule has 0 spiro atoms. The van der Waals surface area contributed by atoms with Crippen molar-refractivity contribution in [1.29, 1.82) is 0 Å². The van der Waals surface area contributed by atoms with Crippen LogP contribution in [0.15, 0.2) is 18.2 Å². The Morgan fingerprint density at radius 1 is 1.38 bits per heavy atom. The minimum atomic E-state index is 0.0749. The quantitative estimate of drug-likeness (QED) is 0.924. The van der Waals surface area contributed by atoms with E-state index in [1.165, 1.54) is 29.5 Å². The summed E-state index contributed by atoms with van der Waals surface area (Å²) in [6.45, 7) is 4.38. The van der Waals surface area contributed by atoms with Gasteiger partial charge in [-0.3, -0.25) is 9.69 Å². The third kappa shape index (κ3) is 2.44. The zero-order chi connectivity index (χ0) is 17.0. The summed E-state index contributed by atoms with van der Waals surface area (Å²) in [6.07, 6.45) is 3.44. The van der Waals surface area contributed by atoms with Crippen LogP contribution in [0.1, 0.15) is 44.0 Å². The molecule has 3 heterocycles. The Kier molecular flexibility index (Phi) is 3.85. The summed E-state index contributed by atoms with van der Waals surface area (Å²) in [4.78, 5) is 14.9. The number of likely N-dealkylation sites (N-methyl/N-ethyl adjacent to an activating group) is 1. The molecule has 4 rings (SSSR count). The molecule has 1 amide bonds. The van der Waals surface area contributed by atoms with Crippen molar-refractivity contribution in [2.24, 2.45) is 0 Å². The van der Waals surface area contributed by atoms with Crippen molar-refractivity contribution < 1.29 is 4.79 Å². The zero-order valence-corrected chi connectivity index (χ0v) is 15.2. The highest BCUT2D eigenvalue weighted by Crippen LogP contribution is 2.47. The van der Waals surface area contributed by atoms with Gasteiger partial charge in [0.1, 0.15) is 6.54 Å². The lowest BCUT2D eigenvalue weighted by atomic mass is 9.97. The Hall–Kier alpha value is -1.52. The molecule has 2 unspecified atom stereocenters. The van der Waals surface area contributed by atoms with Crippen LogP contribution >= 0.6 is 11.6 Å². The van der Waals surface area contributed by atoms with E-state index in [1.54, 1.807) is 0 Å². The van der Waals surface area contributed by atoms with Crippen LogP contribution in [0.2, 0.25) is 5.02 Å². The number of rotatable bonds is 3. The molecule has 2 aliphatic rings. The van der Waals surface area contributed by atoms with Crippen LogP contribution < -0.4 is 5.32 Å². The Balaban J connectivity index is 1.85. The number of benzene rings is 1. The molecule has 1 fully saturated rings. The van der Waals surface area contributed by atoms with E-state index < -0.39 is 0 Å². The molecule has 2 aliphatic heterocycles. The van der Waals surface area contributed by atoms with Crippen molar-refractivity contribution in [1.82, 2.24) is 14.8 Å². The first kappa shape index (κ1) is 16.0. The van der Waals surface area contributed by atoms with E-state index in [2.05, 4.69) is 34.0 Å². The Morgan fingerprint density at radius 2 is 2.17 bits per heavy atom. The SMILES string of the molecule is CC(C)NC(=O)Cn1c2c(c3cc(Cl)ccc31)C1CCC(C2)N1C. The third-order valence-corrected chi connectivity index (χ3v) is 5.77. The normalized spacial score (nSPS) is 23.0. The smallest absolute Gasteiger partial charge is 0.240 e. The number of nitrogens with zero attached hydrogens (tertiary/aromatic N) is 2. The molecule has 1 saturated heterocycles. The fraction of sp³-hybridized carbons (Fsp3) is 0.526. The van der Waals surface area contributed by atoms with Gasteiger partial charge in [0.25, 0.3) is 0 Å². The summed E-state index contributed by atoms with van der Waals surface area (Å²) in [5.74, 6) is 0.0749. The molecule has 128 valence electrons. The summed E-state index contributed by atoms with van der Waals surface area (Å²) in [7, 11) is 2.23. The van der Waals surface area contributed by atoms with Gasteiger partial charge in [-0.15, -0.1) is 0 Å². The predicted octanol–water partition coefficient (Wildman–Crippen LogP) is 3.51.